The number of nitrogens with zero attached hydrogens (tertiary/aromatic N) is 3. The first-order valence-electron chi connectivity index (χ1n) is 6.45. The molecule has 1 aromatic heterocycles. The number of likely N-dealkylation sites (tertiary alicyclic amines) is 1. The van der Waals surface area contributed by atoms with Gasteiger partial charge in [-0.3, -0.25) is 9.69 Å². The monoisotopic (exact) mass is 325 g/mol. The van der Waals surface area contributed by atoms with Gasteiger partial charge in [-0.25, -0.2) is 4.98 Å². The van der Waals surface area contributed by atoms with Gasteiger partial charge in [-0.15, -0.1) is 0 Å². The van der Waals surface area contributed by atoms with Crippen LogP contribution in [0.4, 0.5) is 5.82 Å². The fourth-order valence-corrected chi connectivity index (χ4v) is 2.95. The van der Waals surface area contributed by atoms with Gasteiger partial charge in [0, 0.05) is 6.04 Å². The highest BCUT2D eigenvalue weighted by Gasteiger charge is 2.34. The van der Waals surface area contributed by atoms with Gasteiger partial charge >= 0.3 is 0 Å². The molecule has 1 fully saturated rings. The van der Waals surface area contributed by atoms with Gasteiger partial charge in [0.15, 0.2) is 18.2 Å². The van der Waals surface area contributed by atoms with Crippen LogP contribution in [0.2, 0.25) is 0 Å². The summed E-state index contributed by atoms with van der Waals surface area (Å²) in [6.45, 7) is 2.14. The molecule has 0 aliphatic carbocycles. The Hall–Kier alpha value is -1.14. The van der Waals surface area contributed by atoms with E-state index in [4.69, 9.17) is 4.74 Å². The predicted molar refractivity (Wildman–Crippen MR) is 75.4 cm³/mol. The molecule has 1 amide bonds. The lowest BCUT2D eigenvalue weighted by molar-refractivity contribution is -0.122. The molecule has 2 aliphatic rings. The number of aromatic nitrogens is 1. The number of halogens is 1. The normalized spacial score (nSPS) is 21.2. The summed E-state index contributed by atoms with van der Waals surface area (Å²) in [7, 11) is 2.11. The van der Waals surface area contributed by atoms with Crippen LogP contribution in [0.3, 0.4) is 0 Å². The molecule has 0 radical (unpaired) electrons. The van der Waals surface area contributed by atoms with Crippen LogP contribution in [0.5, 0.6) is 5.75 Å². The van der Waals surface area contributed by atoms with Crippen molar-refractivity contribution in [3.8, 4) is 5.75 Å². The molecule has 0 spiro atoms. The molecule has 1 aromatic rings. The van der Waals surface area contributed by atoms with Crippen LogP contribution >= 0.6 is 15.9 Å². The van der Waals surface area contributed by atoms with E-state index in [1.165, 1.54) is 0 Å². The number of amides is 1. The Morgan fingerprint density at radius 3 is 2.84 bits per heavy atom. The van der Waals surface area contributed by atoms with Gasteiger partial charge in [0.05, 0.1) is 0 Å². The van der Waals surface area contributed by atoms with E-state index < -0.39 is 0 Å². The summed E-state index contributed by atoms with van der Waals surface area (Å²) in [6.07, 6.45) is 1.96. The third-order valence-electron chi connectivity index (χ3n) is 3.71. The van der Waals surface area contributed by atoms with Gasteiger partial charge in [-0.1, -0.05) is 0 Å². The second-order valence-corrected chi connectivity index (χ2v) is 5.86. The van der Waals surface area contributed by atoms with Crippen molar-refractivity contribution in [3.63, 3.8) is 0 Å². The summed E-state index contributed by atoms with van der Waals surface area (Å²) in [5.74, 6) is 1.36. The lowest BCUT2D eigenvalue weighted by atomic mass is 10.0. The third kappa shape index (κ3) is 2.47. The second-order valence-electron chi connectivity index (χ2n) is 5.04. The topological polar surface area (TPSA) is 45.7 Å². The molecule has 0 aromatic carbocycles. The number of anilines is 1. The zero-order valence-electron chi connectivity index (χ0n) is 10.8. The summed E-state index contributed by atoms with van der Waals surface area (Å²) in [4.78, 5) is 20.7. The first-order valence-corrected chi connectivity index (χ1v) is 7.24. The molecule has 19 heavy (non-hydrogen) atoms. The number of rotatable bonds is 1. The van der Waals surface area contributed by atoms with E-state index in [1.54, 1.807) is 0 Å². The highest BCUT2D eigenvalue weighted by molar-refractivity contribution is 9.10. The predicted octanol–water partition coefficient (Wildman–Crippen LogP) is 1.66. The summed E-state index contributed by atoms with van der Waals surface area (Å²) >= 11 is 3.36. The maximum atomic E-state index is 12.2. The Morgan fingerprint density at radius 1 is 1.37 bits per heavy atom. The van der Waals surface area contributed by atoms with Crippen LogP contribution in [0.15, 0.2) is 16.7 Å². The maximum absolute atomic E-state index is 12.2. The molecule has 1 saturated heterocycles. The van der Waals surface area contributed by atoms with Crippen molar-refractivity contribution in [2.75, 3.05) is 31.6 Å². The number of carbonyl (C=O) groups excluding carboxylic acids is 1. The molecule has 2 aliphatic heterocycles. The van der Waals surface area contributed by atoms with E-state index >= 15 is 0 Å². The Morgan fingerprint density at radius 2 is 2.11 bits per heavy atom. The van der Waals surface area contributed by atoms with Crippen molar-refractivity contribution >= 4 is 27.7 Å². The summed E-state index contributed by atoms with van der Waals surface area (Å²) in [5, 5.41) is 0. The molecule has 3 heterocycles. The molecule has 0 N–H and O–H groups in total. The van der Waals surface area contributed by atoms with Crippen molar-refractivity contribution in [2.24, 2.45) is 0 Å². The molecular formula is C13H16BrN3O2. The lowest BCUT2D eigenvalue weighted by Gasteiger charge is -2.38. The van der Waals surface area contributed by atoms with Gasteiger partial charge in [0.1, 0.15) is 4.60 Å². The summed E-state index contributed by atoms with van der Waals surface area (Å²) in [5.41, 5.74) is 0. The van der Waals surface area contributed by atoms with Crippen LogP contribution in [-0.2, 0) is 4.79 Å². The number of ether oxygens (including phenoxy) is 1. The standard InChI is InChI=1S/C13H16BrN3O2/c1-16-6-4-9(5-7-16)17-12(18)8-19-10-2-3-11(14)15-13(10)17/h2-3,9H,4-8H2,1H3. The Bertz CT molecular complexity index is 501. The van der Waals surface area contributed by atoms with Crippen LogP contribution in [-0.4, -0.2) is 48.6 Å². The zero-order chi connectivity index (χ0) is 13.4. The zero-order valence-corrected chi connectivity index (χ0v) is 12.4. The molecule has 102 valence electrons. The van der Waals surface area contributed by atoms with Crippen LogP contribution < -0.4 is 9.64 Å². The number of hydrogen-bond acceptors (Lipinski definition) is 4. The number of piperidine rings is 1. The van der Waals surface area contributed by atoms with Crippen molar-refractivity contribution in [1.29, 1.82) is 0 Å². The van der Waals surface area contributed by atoms with Gasteiger partial charge in [-0.2, -0.15) is 0 Å². The van der Waals surface area contributed by atoms with Crippen molar-refractivity contribution in [2.45, 2.75) is 18.9 Å². The average molecular weight is 326 g/mol. The lowest BCUT2D eigenvalue weighted by Crippen LogP contribution is -2.50. The fraction of sp³-hybridized carbons (Fsp3) is 0.538. The Balaban J connectivity index is 1.92. The first-order chi connectivity index (χ1) is 9.15. The molecule has 0 bridgehead atoms. The van der Waals surface area contributed by atoms with E-state index in [-0.39, 0.29) is 18.6 Å². The number of pyridine rings is 1. The quantitative estimate of drug-likeness (QED) is 0.737. The van der Waals surface area contributed by atoms with E-state index in [1.807, 2.05) is 17.0 Å². The molecule has 3 rings (SSSR count). The second kappa shape index (κ2) is 5.09. The van der Waals surface area contributed by atoms with Crippen molar-refractivity contribution in [3.05, 3.63) is 16.7 Å². The SMILES string of the molecule is CN1CCC(N2C(=O)COc3ccc(Br)nc32)CC1. The Kier molecular flexibility index (Phi) is 3.45. The van der Waals surface area contributed by atoms with Crippen LogP contribution in [0.25, 0.3) is 0 Å². The molecule has 5 nitrogen and oxygen atoms in total. The number of carbonyl (C=O) groups is 1. The highest BCUT2D eigenvalue weighted by Crippen LogP contribution is 2.34. The van der Waals surface area contributed by atoms with Gasteiger partial charge in [0.25, 0.3) is 5.91 Å². The fourth-order valence-electron chi connectivity index (χ4n) is 2.65. The highest BCUT2D eigenvalue weighted by atomic mass is 79.9. The van der Waals surface area contributed by atoms with Gasteiger partial charge in [-0.05, 0) is 61.0 Å². The van der Waals surface area contributed by atoms with Gasteiger partial charge < -0.3 is 9.64 Å². The maximum Gasteiger partial charge on any atom is 0.266 e. The average Bonchev–Trinajstić information content (AvgIpc) is 2.40. The number of hydrogen-bond donors (Lipinski definition) is 0. The van der Waals surface area contributed by atoms with Crippen molar-refractivity contribution in [1.82, 2.24) is 9.88 Å². The summed E-state index contributed by atoms with van der Waals surface area (Å²) in [6, 6.07) is 3.93. The van der Waals surface area contributed by atoms with Crippen LogP contribution in [0, 0.1) is 0 Å². The largest absolute Gasteiger partial charge is 0.480 e. The van der Waals surface area contributed by atoms with Gasteiger partial charge in [0.2, 0.25) is 0 Å². The van der Waals surface area contributed by atoms with Crippen molar-refractivity contribution < 1.29 is 9.53 Å². The third-order valence-corrected chi connectivity index (χ3v) is 4.15. The smallest absolute Gasteiger partial charge is 0.266 e. The molecule has 0 atom stereocenters. The summed E-state index contributed by atoms with van der Waals surface area (Å²) < 4.78 is 6.17. The Labute approximate surface area is 120 Å². The minimum atomic E-state index is 0.00709. The molecule has 6 heteroatoms. The van der Waals surface area contributed by atoms with E-state index in [2.05, 4.69) is 32.9 Å². The molecule has 0 unspecified atom stereocenters. The van der Waals surface area contributed by atoms with Crippen LogP contribution in [0.1, 0.15) is 12.8 Å². The minimum absolute atomic E-state index is 0.00709. The molecule has 0 saturated carbocycles. The van der Waals surface area contributed by atoms with E-state index in [9.17, 15) is 4.79 Å². The van der Waals surface area contributed by atoms with E-state index in [0.29, 0.717) is 11.6 Å². The minimum Gasteiger partial charge on any atom is -0.480 e. The molecular weight excluding hydrogens is 310 g/mol. The first kappa shape index (κ1) is 12.9. The number of fused-ring (bicyclic) bond motifs is 1. The van der Waals surface area contributed by atoms with E-state index in [0.717, 1.165) is 30.5 Å².